The van der Waals surface area contributed by atoms with Crippen molar-refractivity contribution >= 4 is 11.9 Å². The second-order valence-electron chi connectivity index (χ2n) is 4.30. The van der Waals surface area contributed by atoms with Gasteiger partial charge in [0.25, 0.3) is 0 Å². The maximum Gasteiger partial charge on any atom is 0.323 e. The Morgan fingerprint density at radius 3 is 2.79 bits per heavy atom. The van der Waals surface area contributed by atoms with Crippen LogP contribution in [-0.2, 0) is 13.6 Å². The third-order valence-corrected chi connectivity index (χ3v) is 2.17. The predicted octanol–water partition coefficient (Wildman–Crippen LogP) is 0.587. The molecule has 3 N–H and O–H groups in total. The molecule has 2 heterocycles. The molecule has 0 aromatic carbocycles. The first kappa shape index (κ1) is 13.1. The van der Waals surface area contributed by atoms with Gasteiger partial charge in [-0.1, -0.05) is 0 Å². The summed E-state index contributed by atoms with van der Waals surface area (Å²) >= 11 is 0. The number of ether oxygens (including phenoxy) is 1. The summed E-state index contributed by atoms with van der Waals surface area (Å²) < 4.78 is 7.12. The number of aromatic nitrogens is 5. The molecule has 0 atom stereocenters. The third-order valence-electron chi connectivity index (χ3n) is 2.17. The van der Waals surface area contributed by atoms with Crippen molar-refractivity contribution in [1.82, 2.24) is 24.7 Å². The largest absolute Gasteiger partial charge is 0.461 e. The number of rotatable bonds is 5. The Hall–Kier alpha value is -2.38. The minimum absolute atomic E-state index is 0.0227. The zero-order valence-corrected chi connectivity index (χ0v) is 11.2. The average Bonchev–Trinajstić information content (AvgIpc) is 2.71. The van der Waals surface area contributed by atoms with Crippen LogP contribution in [0.2, 0.25) is 0 Å². The van der Waals surface area contributed by atoms with Gasteiger partial charge in [-0.2, -0.15) is 20.1 Å². The molecule has 2 rings (SSSR count). The van der Waals surface area contributed by atoms with E-state index in [1.165, 1.54) is 0 Å². The Morgan fingerprint density at radius 2 is 2.16 bits per heavy atom. The molecule has 8 heteroatoms. The summed E-state index contributed by atoms with van der Waals surface area (Å²) in [6.45, 7) is 4.29. The molecule has 0 radical (unpaired) electrons. The highest BCUT2D eigenvalue weighted by Crippen LogP contribution is 2.11. The lowest BCUT2D eigenvalue weighted by atomic mass is 10.4. The van der Waals surface area contributed by atoms with E-state index < -0.39 is 0 Å². The number of nitrogens with two attached hydrogens (primary N) is 1. The number of hydrogen-bond donors (Lipinski definition) is 2. The number of nitrogens with zero attached hydrogens (tertiary/aromatic N) is 5. The van der Waals surface area contributed by atoms with Crippen molar-refractivity contribution < 1.29 is 4.74 Å². The highest BCUT2D eigenvalue weighted by Gasteiger charge is 2.07. The van der Waals surface area contributed by atoms with E-state index in [1.54, 1.807) is 4.68 Å². The van der Waals surface area contributed by atoms with E-state index in [4.69, 9.17) is 10.5 Å². The molecule has 0 aliphatic carbocycles. The molecular formula is C11H17N7O. The maximum absolute atomic E-state index is 5.61. The number of nitrogens with one attached hydrogen (secondary N) is 1. The first-order valence-electron chi connectivity index (χ1n) is 5.93. The third kappa shape index (κ3) is 3.80. The van der Waals surface area contributed by atoms with Crippen LogP contribution in [0.3, 0.4) is 0 Å². The summed E-state index contributed by atoms with van der Waals surface area (Å²) in [6, 6.07) is 2.12. The zero-order valence-electron chi connectivity index (χ0n) is 11.2. The lowest BCUT2D eigenvalue weighted by Gasteiger charge is -2.09. The summed E-state index contributed by atoms with van der Waals surface area (Å²) in [7, 11) is 1.86. The van der Waals surface area contributed by atoms with Crippen LogP contribution >= 0.6 is 0 Å². The first-order valence-corrected chi connectivity index (χ1v) is 5.93. The minimum atomic E-state index is -0.0227. The Bertz CT molecular complexity index is 552. The molecule has 2 aromatic rings. The summed E-state index contributed by atoms with van der Waals surface area (Å²) in [5.41, 5.74) is 6.49. The normalized spacial score (nSPS) is 10.7. The van der Waals surface area contributed by atoms with Gasteiger partial charge in [0, 0.05) is 13.2 Å². The van der Waals surface area contributed by atoms with Crippen LogP contribution in [0.15, 0.2) is 12.3 Å². The number of anilines is 2. The van der Waals surface area contributed by atoms with Crippen molar-refractivity contribution in [3.63, 3.8) is 0 Å². The fourth-order valence-corrected chi connectivity index (χ4v) is 1.44. The SMILES string of the molecule is CC(C)Oc1nc(N)nc(NCc2ccn(C)n2)n1. The van der Waals surface area contributed by atoms with Crippen LogP contribution in [0.1, 0.15) is 19.5 Å². The van der Waals surface area contributed by atoms with Gasteiger partial charge in [-0.25, -0.2) is 0 Å². The quantitative estimate of drug-likeness (QED) is 0.813. The number of hydrogen-bond acceptors (Lipinski definition) is 7. The molecule has 2 aromatic heterocycles. The van der Waals surface area contributed by atoms with Gasteiger partial charge in [0.1, 0.15) is 0 Å². The molecule has 0 bridgehead atoms. The Labute approximate surface area is 111 Å². The van der Waals surface area contributed by atoms with Crippen molar-refractivity contribution in [1.29, 1.82) is 0 Å². The summed E-state index contributed by atoms with van der Waals surface area (Å²) in [5.74, 6) is 0.489. The Morgan fingerprint density at radius 1 is 1.37 bits per heavy atom. The highest BCUT2D eigenvalue weighted by atomic mass is 16.5. The molecule has 0 amide bonds. The smallest absolute Gasteiger partial charge is 0.323 e. The lowest BCUT2D eigenvalue weighted by molar-refractivity contribution is 0.222. The topological polar surface area (TPSA) is 104 Å². The molecule has 102 valence electrons. The van der Waals surface area contributed by atoms with E-state index in [1.807, 2.05) is 33.2 Å². The molecule has 0 fully saturated rings. The lowest BCUT2D eigenvalue weighted by Crippen LogP contribution is -2.13. The van der Waals surface area contributed by atoms with Gasteiger partial charge in [0.05, 0.1) is 18.3 Å². The van der Waals surface area contributed by atoms with Crippen LogP contribution in [0, 0.1) is 0 Å². The molecule has 8 nitrogen and oxygen atoms in total. The van der Waals surface area contributed by atoms with E-state index in [2.05, 4.69) is 25.4 Å². The van der Waals surface area contributed by atoms with Crippen LogP contribution in [0.5, 0.6) is 6.01 Å². The second-order valence-corrected chi connectivity index (χ2v) is 4.30. The highest BCUT2D eigenvalue weighted by molar-refractivity contribution is 5.33. The molecular weight excluding hydrogens is 246 g/mol. The predicted molar refractivity (Wildman–Crippen MR) is 70.5 cm³/mol. The fraction of sp³-hybridized carbons (Fsp3) is 0.455. The van der Waals surface area contributed by atoms with E-state index >= 15 is 0 Å². The van der Waals surface area contributed by atoms with Gasteiger partial charge in [-0.3, -0.25) is 4.68 Å². The fourth-order valence-electron chi connectivity index (χ4n) is 1.44. The van der Waals surface area contributed by atoms with Crippen molar-refractivity contribution in [3.8, 4) is 6.01 Å². The van der Waals surface area contributed by atoms with Crippen molar-refractivity contribution in [2.24, 2.45) is 7.05 Å². The van der Waals surface area contributed by atoms with Crippen molar-refractivity contribution in [2.75, 3.05) is 11.1 Å². The van der Waals surface area contributed by atoms with Gasteiger partial charge in [-0.15, -0.1) is 0 Å². The van der Waals surface area contributed by atoms with Gasteiger partial charge in [0.2, 0.25) is 11.9 Å². The van der Waals surface area contributed by atoms with Crippen LogP contribution in [0.4, 0.5) is 11.9 Å². The van der Waals surface area contributed by atoms with E-state index in [-0.39, 0.29) is 18.1 Å². The molecule has 0 aliphatic rings. The van der Waals surface area contributed by atoms with Crippen LogP contribution < -0.4 is 15.8 Å². The van der Waals surface area contributed by atoms with Crippen LogP contribution in [-0.4, -0.2) is 30.8 Å². The van der Waals surface area contributed by atoms with Crippen LogP contribution in [0.25, 0.3) is 0 Å². The average molecular weight is 263 g/mol. The van der Waals surface area contributed by atoms with Crippen molar-refractivity contribution in [2.45, 2.75) is 26.5 Å². The summed E-state index contributed by atoms with van der Waals surface area (Å²) in [4.78, 5) is 12.0. The van der Waals surface area contributed by atoms with E-state index in [0.29, 0.717) is 12.5 Å². The van der Waals surface area contributed by atoms with Crippen molar-refractivity contribution in [3.05, 3.63) is 18.0 Å². The van der Waals surface area contributed by atoms with Gasteiger partial charge < -0.3 is 15.8 Å². The standard InChI is InChI=1S/C11H17N7O/c1-7(2)19-11-15-9(12)14-10(16-11)13-6-8-4-5-18(3)17-8/h4-5,7H,6H2,1-3H3,(H3,12,13,14,15,16). The minimum Gasteiger partial charge on any atom is -0.461 e. The molecule has 0 saturated carbocycles. The molecule has 0 spiro atoms. The Balaban J connectivity index is 2.05. The van der Waals surface area contributed by atoms with E-state index in [9.17, 15) is 0 Å². The second kappa shape index (κ2) is 5.51. The molecule has 0 saturated heterocycles. The van der Waals surface area contributed by atoms with Gasteiger partial charge >= 0.3 is 6.01 Å². The molecule has 19 heavy (non-hydrogen) atoms. The summed E-state index contributed by atoms with van der Waals surface area (Å²) in [6.07, 6.45) is 1.84. The first-order chi connectivity index (χ1) is 9.02. The monoisotopic (exact) mass is 263 g/mol. The molecule has 0 unspecified atom stereocenters. The molecule has 0 aliphatic heterocycles. The van der Waals surface area contributed by atoms with Gasteiger partial charge in [0.15, 0.2) is 0 Å². The number of nitrogen functional groups attached to an aromatic ring is 1. The maximum atomic E-state index is 5.61. The summed E-state index contributed by atoms with van der Waals surface area (Å²) in [5, 5.41) is 7.27. The Kier molecular flexibility index (Phi) is 3.79. The number of aryl methyl sites for hydroxylation is 1. The zero-order chi connectivity index (χ0) is 13.8. The van der Waals surface area contributed by atoms with Gasteiger partial charge in [-0.05, 0) is 19.9 Å². The van der Waals surface area contributed by atoms with E-state index in [0.717, 1.165) is 5.69 Å².